The van der Waals surface area contributed by atoms with Crippen LogP contribution in [-0.4, -0.2) is 0 Å². The third kappa shape index (κ3) is 1.84. The Morgan fingerprint density at radius 1 is 1.15 bits per heavy atom. The first kappa shape index (κ1) is 8.58. The second-order valence-electron chi connectivity index (χ2n) is 3.14. The summed E-state index contributed by atoms with van der Waals surface area (Å²) < 4.78 is 0. The van der Waals surface area contributed by atoms with Gasteiger partial charge in [0.25, 0.3) is 0 Å². The molecular weight excluding hydrogens is 180 g/mol. The molecule has 0 spiro atoms. The van der Waals surface area contributed by atoms with Crippen LogP contribution in [0.2, 0.25) is 0 Å². The predicted octanol–water partition coefficient (Wildman–Crippen LogP) is 3.77. The minimum atomic E-state index is 0.839. The van der Waals surface area contributed by atoms with Crippen molar-refractivity contribution in [2.75, 3.05) is 0 Å². The van der Waals surface area contributed by atoms with Crippen LogP contribution in [0.1, 0.15) is 17.5 Å². The molecule has 0 unspecified atom stereocenters. The first-order valence-corrected chi connectivity index (χ1v) is 4.86. The normalized spacial score (nSPS) is 22.1. The van der Waals surface area contributed by atoms with Gasteiger partial charge in [0.05, 0.1) is 0 Å². The van der Waals surface area contributed by atoms with Gasteiger partial charge in [0.15, 0.2) is 0 Å². The number of benzene rings is 1. The lowest BCUT2D eigenvalue weighted by Gasteiger charge is -2.08. The number of allylic oxidation sites excluding steroid dienone is 3. The molecule has 2 rings (SSSR count). The largest absolute Gasteiger partial charge is 0.0842 e. The summed E-state index contributed by atoms with van der Waals surface area (Å²) in [6.45, 7) is 0. The van der Waals surface area contributed by atoms with Crippen LogP contribution in [-0.2, 0) is 6.42 Å². The number of aryl methyl sites for hydroxylation is 1. The van der Waals surface area contributed by atoms with E-state index in [1.807, 2.05) is 18.2 Å². The molecule has 0 fully saturated rings. The van der Waals surface area contributed by atoms with Gasteiger partial charge in [-0.1, -0.05) is 48.0 Å². The lowest BCUT2D eigenvalue weighted by molar-refractivity contribution is 0.995. The minimum absolute atomic E-state index is 0.839. The Kier molecular flexibility index (Phi) is 2.51. The summed E-state index contributed by atoms with van der Waals surface area (Å²) in [4.78, 5) is 0. The highest BCUT2D eigenvalue weighted by Crippen LogP contribution is 2.25. The Balaban J connectivity index is 2.52. The summed E-state index contributed by atoms with van der Waals surface area (Å²) in [5, 5.41) is 0.839. The maximum Gasteiger partial charge on any atom is 0.0481 e. The van der Waals surface area contributed by atoms with Crippen molar-refractivity contribution in [3.63, 3.8) is 0 Å². The lowest BCUT2D eigenvalue weighted by Crippen LogP contribution is -1.91. The molecule has 0 bridgehead atoms. The van der Waals surface area contributed by atoms with Crippen molar-refractivity contribution in [2.24, 2.45) is 0 Å². The molecule has 1 aromatic carbocycles. The fraction of sp³-hybridized carbons (Fsp3) is 0.167. The number of fused-ring (bicyclic) bond motifs is 1. The third-order valence-corrected chi connectivity index (χ3v) is 2.56. The van der Waals surface area contributed by atoms with E-state index in [9.17, 15) is 0 Å². The second-order valence-corrected chi connectivity index (χ2v) is 3.55. The summed E-state index contributed by atoms with van der Waals surface area (Å²) in [7, 11) is 0. The molecule has 0 amide bonds. The Hall–Kier alpha value is -1.01. The van der Waals surface area contributed by atoms with Crippen LogP contribution in [0.4, 0.5) is 0 Å². The van der Waals surface area contributed by atoms with Gasteiger partial charge in [0.1, 0.15) is 0 Å². The fourth-order valence-electron chi connectivity index (χ4n) is 1.55. The maximum atomic E-state index is 6.13. The zero-order chi connectivity index (χ0) is 9.10. The summed E-state index contributed by atoms with van der Waals surface area (Å²) in [6.07, 6.45) is 8.31. The van der Waals surface area contributed by atoms with Crippen molar-refractivity contribution in [1.82, 2.24) is 0 Å². The average Bonchev–Trinajstić information content (AvgIpc) is 2.14. The molecule has 13 heavy (non-hydrogen) atoms. The van der Waals surface area contributed by atoms with Crippen LogP contribution in [0.15, 0.2) is 42.5 Å². The van der Waals surface area contributed by atoms with Gasteiger partial charge < -0.3 is 0 Å². The van der Waals surface area contributed by atoms with E-state index in [1.165, 1.54) is 11.1 Å². The standard InChI is InChI=1S/C12H11Cl/c13-12-9-3-1-2-6-10-7-4-5-8-11(10)12/h1,3-5,7-9H,2,6H2/b3-1-,12-9+. The quantitative estimate of drug-likeness (QED) is 0.584. The summed E-state index contributed by atoms with van der Waals surface area (Å²) in [5.41, 5.74) is 2.52. The van der Waals surface area contributed by atoms with Crippen LogP contribution in [0.3, 0.4) is 0 Å². The molecule has 0 saturated carbocycles. The van der Waals surface area contributed by atoms with Gasteiger partial charge in [-0.2, -0.15) is 0 Å². The van der Waals surface area contributed by atoms with E-state index in [1.54, 1.807) is 0 Å². The summed E-state index contributed by atoms with van der Waals surface area (Å²) in [6, 6.07) is 8.31. The Bertz CT molecular complexity index is 361. The molecule has 0 aromatic heterocycles. The van der Waals surface area contributed by atoms with E-state index in [0.29, 0.717) is 0 Å². The van der Waals surface area contributed by atoms with E-state index >= 15 is 0 Å². The van der Waals surface area contributed by atoms with Crippen LogP contribution < -0.4 is 0 Å². The zero-order valence-electron chi connectivity index (χ0n) is 7.33. The second kappa shape index (κ2) is 3.80. The van der Waals surface area contributed by atoms with Gasteiger partial charge >= 0.3 is 0 Å². The van der Waals surface area contributed by atoms with E-state index < -0.39 is 0 Å². The molecule has 0 N–H and O–H groups in total. The summed E-state index contributed by atoms with van der Waals surface area (Å²) >= 11 is 6.13. The van der Waals surface area contributed by atoms with Gasteiger partial charge in [-0.25, -0.2) is 0 Å². The van der Waals surface area contributed by atoms with Gasteiger partial charge in [-0.15, -0.1) is 0 Å². The predicted molar refractivity (Wildman–Crippen MR) is 57.7 cm³/mol. The van der Waals surface area contributed by atoms with E-state index in [2.05, 4.69) is 24.3 Å². The number of rotatable bonds is 0. The van der Waals surface area contributed by atoms with Crippen molar-refractivity contribution >= 4 is 16.6 Å². The Labute approximate surface area is 83.5 Å². The first-order valence-electron chi connectivity index (χ1n) is 4.48. The van der Waals surface area contributed by atoms with Crippen molar-refractivity contribution in [2.45, 2.75) is 12.8 Å². The molecule has 1 heteroatoms. The Morgan fingerprint density at radius 2 is 2.00 bits per heavy atom. The van der Waals surface area contributed by atoms with Crippen molar-refractivity contribution in [1.29, 1.82) is 0 Å². The fourth-order valence-corrected chi connectivity index (χ4v) is 1.81. The van der Waals surface area contributed by atoms with E-state index in [0.717, 1.165) is 17.9 Å². The molecule has 0 heterocycles. The Morgan fingerprint density at radius 3 is 2.92 bits per heavy atom. The van der Waals surface area contributed by atoms with Crippen LogP contribution in [0, 0.1) is 0 Å². The topological polar surface area (TPSA) is 0 Å². The van der Waals surface area contributed by atoms with Crippen LogP contribution >= 0.6 is 11.6 Å². The highest BCUT2D eigenvalue weighted by atomic mass is 35.5. The molecular formula is C12H11Cl. The SMILES string of the molecule is Cl/C1=C/C=C\CCc2ccccc21. The molecule has 1 aromatic rings. The lowest BCUT2D eigenvalue weighted by atomic mass is 10.0. The van der Waals surface area contributed by atoms with Crippen molar-refractivity contribution in [3.05, 3.63) is 53.6 Å². The van der Waals surface area contributed by atoms with Crippen LogP contribution in [0.25, 0.3) is 5.03 Å². The van der Waals surface area contributed by atoms with Crippen molar-refractivity contribution < 1.29 is 0 Å². The highest BCUT2D eigenvalue weighted by molar-refractivity contribution is 6.49. The number of hydrogen-bond acceptors (Lipinski definition) is 0. The van der Waals surface area contributed by atoms with Gasteiger partial charge in [0, 0.05) is 5.03 Å². The summed E-state index contributed by atoms with van der Waals surface area (Å²) in [5.74, 6) is 0. The molecule has 0 saturated heterocycles. The van der Waals surface area contributed by atoms with E-state index in [-0.39, 0.29) is 0 Å². The highest BCUT2D eigenvalue weighted by Gasteiger charge is 2.04. The smallest absolute Gasteiger partial charge is 0.0481 e. The molecule has 0 atom stereocenters. The van der Waals surface area contributed by atoms with E-state index in [4.69, 9.17) is 11.6 Å². The molecule has 1 aliphatic rings. The first-order chi connectivity index (χ1) is 6.38. The maximum absolute atomic E-state index is 6.13. The number of hydrogen-bond donors (Lipinski definition) is 0. The van der Waals surface area contributed by atoms with Crippen molar-refractivity contribution in [3.8, 4) is 0 Å². The molecule has 0 aliphatic heterocycles. The van der Waals surface area contributed by atoms with Gasteiger partial charge in [0.2, 0.25) is 0 Å². The van der Waals surface area contributed by atoms with Gasteiger partial charge in [-0.05, 0) is 30.0 Å². The monoisotopic (exact) mass is 190 g/mol. The third-order valence-electron chi connectivity index (χ3n) is 2.23. The molecule has 1 aliphatic carbocycles. The zero-order valence-corrected chi connectivity index (χ0v) is 8.09. The average molecular weight is 191 g/mol. The molecule has 0 radical (unpaired) electrons. The minimum Gasteiger partial charge on any atom is -0.0842 e. The molecule has 66 valence electrons. The number of halogens is 1. The van der Waals surface area contributed by atoms with Gasteiger partial charge in [-0.3, -0.25) is 0 Å². The van der Waals surface area contributed by atoms with Crippen LogP contribution in [0.5, 0.6) is 0 Å². The molecule has 0 nitrogen and oxygen atoms in total.